The first-order valence-electron chi connectivity index (χ1n) is 8.56. The number of hydrogen-bond donors (Lipinski definition) is 0. The van der Waals surface area contributed by atoms with Gasteiger partial charge in [0.2, 0.25) is 0 Å². The molecule has 0 bridgehead atoms. The van der Waals surface area contributed by atoms with Crippen molar-refractivity contribution < 1.29 is 22.0 Å². The first kappa shape index (κ1) is 19.3. The number of amides is 1. The SMILES string of the molecule is CS(=O)(=O)c1ccc(N2CCCN(C(=O)c3c(F)cccc3F)CC2)cc1. The van der Waals surface area contributed by atoms with Gasteiger partial charge in [0, 0.05) is 38.1 Å². The summed E-state index contributed by atoms with van der Waals surface area (Å²) in [6.07, 6.45) is 1.79. The lowest BCUT2D eigenvalue weighted by Crippen LogP contribution is -2.36. The third-order valence-electron chi connectivity index (χ3n) is 4.59. The molecule has 0 radical (unpaired) electrons. The van der Waals surface area contributed by atoms with E-state index >= 15 is 0 Å². The largest absolute Gasteiger partial charge is 0.370 e. The minimum atomic E-state index is -3.26. The average molecular weight is 394 g/mol. The Kier molecular flexibility index (Phi) is 5.46. The number of carbonyl (C=O) groups excluding carboxylic acids is 1. The van der Waals surface area contributed by atoms with E-state index in [1.165, 1.54) is 11.0 Å². The molecule has 0 atom stereocenters. The van der Waals surface area contributed by atoms with E-state index in [9.17, 15) is 22.0 Å². The monoisotopic (exact) mass is 394 g/mol. The summed E-state index contributed by atoms with van der Waals surface area (Å²) in [5.74, 6) is -2.38. The summed E-state index contributed by atoms with van der Waals surface area (Å²) >= 11 is 0. The van der Waals surface area contributed by atoms with Crippen molar-refractivity contribution in [2.75, 3.05) is 37.3 Å². The molecule has 2 aromatic carbocycles. The zero-order chi connectivity index (χ0) is 19.6. The van der Waals surface area contributed by atoms with E-state index in [2.05, 4.69) is 0 Å². The van der Waals surface area contributed by atoms with E-state index in [0.29, 0.717) is 32.6 Å². The normalized spacial score (nSPS) is 15.5. The molecule has 0 aliphatic carbocycles. The molecule has 0 aromatic heterocycles. The predicted molar refractivity (Wildman–Crippen MR) is 98.6 cm³/mol. The van der Waals surface area contributed by atoms with Crippen LogP contribution in [0.2, 0.25) is 0 Å². The predicted octanol–water partition coefficient (Wildman–Crippen LogP) is 2.72. The van der Waals surface area contributed by atoms with Crippen molar-refractivity contribution in [1.82, 2.24) is 4.90 Å². The topological polar surface area (TPSA) is 57.7 Å². The highest BCUT2D eigenvalue weighted by Gasteiger charge is 2.25. The van der Waals surface area contributed by atoms with Gasteiger partial charge in [-0.15, -0.1) is 0 Å². The summed E-state index contributed by atoms with van der Waals surface area (Å²) in [7, 11) is -3.26. The summed E-state index contributed by atoms with van der Waals surface area (Å²) in [5, 5.41) is 0. The Hall–Kier alpha value is -2.48. The van der Waals surface area contributed by atoms with E-state index in [4.69, 9.17) is 0 Å². The Balaban J connectivity index is 1.73. The third kappa shape index (κ3) is 4.27. The molecule has 0 saturated carbocycles. The molecule has 144 valence electrons. The fraction of sp³-hybridized carbons (Fsp3) is 0.316. The Morgan fingerprint density at radius 3 is 2.15 bits per heavy atom. The second-order valence-electron chi connectivity index (χ2n) is 6.50. The van der Waals surface area contributed by atoms with Crippen LogP contribution in [-0.2, 0) is 9.84 Å². The number of anilines is 1. The zero-order valence-electron chi connectivity index (χ0n) is 14.9. The van der Waals surface area contributed by atoms with Crippen molar-refractivity contribution in [3.63, 3.8) is 0 Å². The maximum absolute atomic E-state index is 13.9. The molecule has 0 unspecified atom stereocenters. The van der Waals surface area contributed by atoms with Crippen molar-refractivity contribution in [3.8, 4) is 0 Å². The fourth-order valence-corrected chi connectivity index (χ4v) is 3.77. The second kappa shape index (κ2) is 7.64. The van der Waals surface area contributed by atoms with Gasteiger partial charge in [0.15, 0.2) is 9.84 Å². The van der Waals surface area contributed by atoms with Crippen LogP contribution in [0.1, 0.15) is 16.8 Å². The molecule has 0 spiro atoms. The molecule has 1 fully saturated rings. The first-order chi connectivity index (χ1) is 12.8. The molecule has 0 N–H and O–H groups in total. The number of benzene rings is 2. The Labute approximate surface area is 157 Å². The number of hydrogen-bond acceptors (Lipinski definition) is 4. The number of nitrogens with zero attached hydrogens (tertiary/aromatic N) is 2. The summed E-state index contributed by atoms with van der Waals surface area (Å²) in [5.41, 5.74) is 0.317. The highest BCUT2D eigenvalue weighted by Crippen LogP contribution is 2.21. The van der Waals surface area contributed by atoms with Crippen LogP contribution in [-0.4, -0.2) is 51.7 Å². The van der Waals surface area contributed by atoms with E-state index in [-0.39, 0.29) is 4.90 Å². The van der Waals surface area contributed by atoms with Crippen LogP contribution in [0.3, 0.4) is 0 Å². The number of rotatable bonds is 3. The Bertz CT molecular complexity index is 926. The molecule has 1 heterocycles. The molecule has 1 saturated heterocycles. The zero-order valence-corrected chi connectivity index (χ0v) is 15.7. The Morgan fingerprint density at radius 1 is 0.926 bits per heavy atom. The first-order valence-corrected chi connectivity index (χ1v) is 10.4. The van der Waals surface area contributed by atoms with Gasteiger partial charge in [-0.1, -0.05) is 6.07 Å². The maximum atomic E-state index is 13.9. The molecule has 1 aliphatic heterocycles. The highest BCUT2D eigenvalue weighted by atomic mass is 32.2. The number of halogens is 2. The molecule has 2 aromatic rings. The Morgan fingerprint density at radius 2 is 1.56 bits per heavy atom. The van der Waals surface area contributed by atoms with Gasteiger partial charge < -0.3 is 9.80 Å². The minimum absolute atomic E-state index is 0.243. The van der Waals surface area contributed by atoms with Gasteiger partial charge in [-0.2, -0.15) is 0 Å². The van der Waals surface area contributed by atoms with Gasteiger partial charge in [-0.05, 0) is 42.8 Å². The van der Waals surface area contributed by atoms with Crippen LogP contribution in [0, 0.1) is 11.6 Å². The minimum Gasteiger partial charge on any atom is -0.370 e. The van der Waals surface area contributed by atoms with Crippen molar-refractivity contribution in [1.29, 1.82) is 0 Å². The van der Waals surface area contributed by atoms with Crippen LogP contribution in [0.25, 0.3) is 0 Å². The average Bonchev–Trinajstić information content (AvgIpc) is 2.87. The van der Waals surface area contributed by atoms with Crippen LogP contribution >= 0.6 is 0 Å². The molecular weight excluding hydrogens is 374 g/mol. The van der Waals surface area contributed by atoms with E-state index in [1.807, 2.05) is 4.90 Å². The molecule has 1 aliphatic rings. The summed E-state index contributed by atoms with van der Waals surface area (Å²) in [4.78, 5) is 16.3. The van der Waals surface area contributed by atoms with Crippen LogP contribution in [0.15, 0.2) is 47.4 Å². The van der Waals surface area contributed by atoms with E-state index < -0.39 is 32.9 Å². The summed E-state index contributed by atoms with van der Waals surface area (Å²) in [6, 6.07) is 9.93. The van der Waals surface area contributed by atoms with Gasteiger partial charge in [-0.25, -0.2) is 17.2 Å². The summed E-state index contributed by atoms with van der Waals surface area (Å²) < 4.78 is 50.9. The van der Waals surface area contributed by atoms with Crippen molar-refractivity contribution in [2.45, 2.75) is 11.3 Å². The second-order valence-corrected chi connectivity index (χ2v) is 8.51. The smallest absolute Gasteiger partial charge is 0.259 e. The highest BCUT2D eigenvalue weighted by molar-refractivity contribution is 7.90. The van der Waals surface area contributed by atoms with E-state index in [1.54, 1.807) is 24.3 Å². The molecule has 27 heavy (non-hydrogen) atoms. The lowest BCUT2D eigenvalue weighted by Gasteiger charge is -2.24. The van der Waals surface area contributed by atoms with E-state index in [0.717, 1.165) is 24.1 Å². The molecule has 5 nitrogen and oxygen atoms in total. The van der Waals surface area contributed by atoms with Gasteiger partial charge in [0.1, 0.15) is 17.2 Å². The molecule has 3 rings (SSSR count). The van der Waals surface area contributed by atoms with Crippen LogP contribution in [0.5, 0.6) is 0 Å². The van der Waals surface area contributed by atoms with Gasteiger partial charge >= 0.3 is 0 Å². The number of sulfone groups is 1. The lowest BCUT2D eigenvalue weighted by molar-refractivity contribution is 0.0757. The third-order valence-corrected chi connectivity index (χ3v) is 5.72. The van der Waals surface area contributed by atoms with Crippen LogP contribution < -0.4 is 4.90 Å². The van der Waals surface area contributed by atoms with Crippen molar-refractivity contribution in [2.24, 2.45) is 0 Å². The fourth-order valence-electron chi connectivity index (χ4n) is 3.14. The maximum Gasteiger partial charge on any atom is 0.259 e. The van der Waals surface area contributed by atoms with Crippen LogP contribution in [0.4, 0.5) is 14.5 Å². The molecular formula is C19H20F2N2O3S. The van der Waals surface area contributed by atoms with Gasteiger partial charge in [0.25, 0.3) is 5.91 Å². The van der Waals surface area contributed by atoms with Crippen molar-refractivity contribution in [3.05, 3.63) is 59.7 Å². The standard InChI is InChI=1S/C19H20F2N2O3S/c1-27(25,26)15-8-6-14(7-9-15)22-10-3-11-23(13-12-22)19(24)18-16(20)4-2-5-17(18)21/h2,4-9H,3,10-13H2,1H3. The molecule has 8 heteroatoms. The lowest BCUT2D eigenvalue weighted by atomic mass is 10.1. The van der Waals surface area contributed by atoms with Crippen molar-refractivity contribution >= 4 is 21.4 Å². The van der Waals surface area contributed by atoms with Gasteiger partial charge in [0.05, 0.1) is 4.90 Å². The number of carbonyl (C=O) groups is 1. The quantitative estimate of drug-likeness (QED) is 0.803. The summed E-state index contributed by atoms with van der Waals surface area (Å²) in [6.45, 7) is 1.85. The molecule has 1 amide bonds. The van der Waals surface area contributed by atoms with Gasteiger partial charge in [-0.3, -0.25) is 4.79 Å².